The van der Waals surface area contributed by atoms with E-state index in [-0.39, 0.29) is 6.10 Å². The monoisotopic (exact) mass is 488 g/mol. The molecular weight excluding hydrogens is 460 g/mol. The Labute approximate surface area is 174 Å². The summed E-state index contributed by atoms with van der Waals surface area (Å²) in [5, 5.41) is 0. The quantitative estimate of drug-likeness (QED) is 0.393. The van der Waals surface area contributed by atoms with Crippen molar-refractivity contribution in [2.75, 3.05) is 0 Å². The van der Waals surface area contributed by atoms with Crippen LogP contribution >= 0.6 is 0 Å². The predicted octanol–water partition coefficient (Wildman–Crippen LogP) is 5.65. The number of benzene rings is 3. The van der Waals surface area contributed by atoms with Crippen LogP contribution < -0.4 is 3.61 Å². The van der Waals surface area contributed by atoms with E-state index in [1.165, 1.54) is 18.4 Å². The third-order valence-corrected chi connectivity index (χ3v) is 8.04. The fourth-order valence-corrected chi connectivity index (χ4v) is 6.57. The topological polar surface area (TPSA) is 9.23 Å². The van der Waals surface area contributed by atoms with Gasteiger partial charge in [0.1, 0.15) is 0 Å². The Morgan fingerprint density at radius 2 is 1.30 bits per heavy atom. The second-order valence-corrected chi connectivity index (χ2v) is 15.0. The molecule has 0 aliphatic heterocycles. The van der Waals surface area contributed by atoms with E-state index in [4.69, 9.17) is 4.43 Å². The molecule has 0 N–H and O–H groups in total. The second-order valence-electron chi connectivity index (χ2n) is 7.37. The van der Waals surface area contributed by atoms with Crippen LogP contribution in [0.3, 0.4) is 0 Å². The standard InChI is InChI=1S/C24H26OSiTe/c1-26(2,3)25-23(20-13-7-4-8-14-20)19-24(21-15-9-5-10-16-21)27-22-17-11-6-12-18-22/h4-19,23H,1-3H3/b24-19+. The molecule has 0 spiro atoms. The minimum absolute atomic E-state index is 0.00175. The van der Waals surface area contributed by atoms with Gasteiger partial charge in [0.2, 0.25) is 0 Å². The van der Waals surface area contributed by atoms with E-state index in [9.17, 15) is 0 Å². The van der Waals surface area contributed by atoms with Crippen molar-refractivity contribution in [1.82, 2.24) is 0 Å². The van der Waals surface area contributed by atoms with E-state index >= 15 is 0 Å². The van der Waals surface area contributed by atoms with E-state index in [1.807, 2.05) is 0 Å². The van der Waals surface area contributed by atoms with Crippen LogP contribution in [0.4, 0.5) is 0 Å². The van der Waals surface area contributed by atoms with Gasteiger partial charge in [0.05, 0.1) is 0 Å². The maximum atomic E-state index is 6.60. The van der Waals surface area contributed by atoms with E-state index in [0.717, 1.165) is 0 Å². The summed E-state index contributed by atoms with van der Waals surface area (Å²) in [6, 6.07) is 32.2. The Hall–Kier alpha value is -1.63. The first-order chi connectivity index (χ1) is 13.0. The summed E-state index contributed by atoms with van der Waals surface area (Å²) in [7, 11) is -1.69. The molecule has 3 rings (SSSR count). The van der Waals surface area contributed by atoms with Gasteiger partial charge in [-0.3, -0.25) is 0 Å². The van der Waals surface area contributed by atoms with E-state index in [0.29, 0.717) is 0 Å². The molecular formula is C24H26OSiTe. The molecule has 3 aromatic rings. The van der Waals surface area contributed by atoms with Crippen LogP contribution in [0.1, 0.15) is 17.2 Å². The third-order valence-electron chi connectivity index (χ3n) is 3.94. The first-order valence-electron chi connectivity index (χ1n) is 9.24. The molecule has 0 saturated heterocycles. The van der Waals surface area contributed by atoms with Gasteiger partial charge >= 0.3 is 175 Å². The van der Waals surface area contributed by atoms with Gasteiger partial charge in [-0.15, -0.1) is 0 Å². The van der Waals surface area contributed by atoms with Gasteiger partial charge in [-0.1, -0.05) is 0 Å². The molecule has 0 saturated carbocycles. The minimum atomic E-state index is -1.69. The predicted molar refractivity (Wildman–Crippen MR) is 120 cm³/mol. The normalized spacial score (nSPS) is 13.4. The van der Waals surface area contributed by atoms with Crippen molar-refractivity contribution in [3.63, 3.8) is 0 Å². The van der Waals surface area contributed by atoms with Crippen LogP contribution in [-0.4, -0.2) is 29.2 Å². The van der Waals surface area contributed by atoms with Crippen molar-refractivity contribution in [2.24, 2.45) is 0 Å². The summed E-state index contributed by atoms with van der Waals surface area (Å²) >= 11 is -0.504. The Kier molecular flexibility index (Phi) is 7.10. The van der Waals surface area contributed by atoms with E-state index in [1.54, 1.807) is 0 Å². The SMILES string of the molecule is C[Si](C)(C)OC(/C=C(/[Te]c1ccccc1)c1ccccc1)c1ccccc1. The summed E-state index contributed by atoms with van der Waals surface area (Å²) < 4.78 is 9.47. The van der Waals surface area contributed by atoms with Gasteiger partial charge < -0.3 is 0 Å². The summed E-state index contributed by atoms with van der Waals surface area (Å²) in [6.45, 7) is 6.77. The van der Waals surface area contributed by atoms with E-state index in [2.05, 4.69) is 117 Å². The van der Waals surface area contributed by atoms with Crippen molar-refractivity contribution in [1.29, 1.82) is 0 Å². The molecule has 138 valence electrons. The zero-order valence-corrected chi connectivity index (χ0v) is 19.5. The fraction of sp³-hybridized carbons (Fsp3) is 0.167. The number of rotatable bonds is 7. The average Bonchev–Trinajstić information content (AvgIpc) is 2.68. The number of hydrogen-bond acceptors (Lipinski definition) is 1. The van der Waals surface area contributed by atoms with Crippen molar-refractivity contribution < 1.29 is 4.43 Å². The van der Waals surface area contributed by atoms with Crippen LogP contribution in [0.5, 0.6) is 0 Å². The van der Waals surface area contributed by atoms with Gasteiger partial charge in [0.15, 0.2) is 0 Å². The van der Waals surface area contributed by atoms with Crippen LogP contribution in [-0.2, 0) is 4.43 Å². The van der Waals surface area contributed by atoms with Crippen LogP contribution in [0.15, 0.2) is 97.1 Å². The zero-order chi connectivity index (χ0) is 19.1. The third kappa shape index (κ3) is 6.48. The Morgan fingerprint density at radius 3 is 1.85 bits per heavy atom. The maximum absolute atomic E-state index is 6.60. The molecule has 0 aliphatic rings. The van der Waals surface area contributed by atoms with Crippen LogP contribution in [0, 0.1) is 0 Å². The molecule has 1 nitrogen and oxygen atoms in total. The molecule has 0 radical (unpaired) electrons. The van der Waals surface area contributed by atoms with Gasteiger partial charge in [-0.05, 0) is 0 Å². The molecule has 3 aromatic carbocycles. The van der Waals surface area contributed by atoms with Crippen LogP contribution in [0.25, 0.3) is 3.62 Å². The molecule has 0 amide bonds. The van der Waals surface area contributed by atoms with Crippen LogP contribution in [0.2, 0.25) is 19.6 Å². The van der Waals surface area contributed by atoms with Crippen molar-refractivity contribution in [3.05, 3.63) is 108 Å². The van der Waals surface area contributed by atoms with E-state index < -0.39 is 29.2 Å². The zero-order valence-electron chi connectivity index (χ0n) is 16.1. The molecule has 1 unspecified atom stereocenters. The summed E-state index contributed by atoms with van der Waals surface area (Å²) in [4.78, 5) is 0. The molecule has 0 bridgehead atoms. The first-order valence-corrected chi connectivity index (χ1v) is 15.0. The van der Waals surface area contributed by atoms with Crippen molar-refractivity contribution in [2.45, 2.75) is 25.7 Å². The van der Waals surface area contributed by atoms with Gasteiger partial charge in [-0.25, -0.2) is 0 Å². The Balaban J connectivity index is 2.02. The van der Waals surface area contributed by atoms with Gasteiger partial charge in [0.25, 0.3) is 0 Å². The molecule has 3 heteroatoms. The molecule has 0 aliphatic carbocycles. The second kappa shape index (κ2) is 9.53. The fourth-order valence-electron chi connectivity index (χ4n) is 2.77. The van der Waals surface area contributed by atoms with Crippen molar-refractivity contribution >= 4 is 36.5 Å². The summed E-state index contributed by atoms with van der Waals surface area (Å²) in [5.41, 5.74) is 2.54. The molecule has 27 heavy (non-hydrogen) atoms. The van der Waals surface area contributed by atoms with Gasteiger partial charge in [0, 0.05) is 0 Å². The summed E-state index contributed by atoms with van der Waals surface area (Å²) in [5.74, 6) is 0. The Morgan fingerprint density at radius 1 is 0.778 bits per heavy atom. The molecule has 0 fully saturated rings. The summed E-state index contributed by atoms with van der Waals surface area (Å²) in [6.07, 6.45) is 2.37. The molecule has 0 heterocycles. The molecule has 1 atom stereocenters. The molecule has 0 aromatic heterocycles. The Bertz CT molecular complexity index is 855. The van der Waals surface area contributed by atoms with Crippen molar-refractivity contribution in [3.8, 4) is 0 Å². The average molecular weight is 486 g/mol. The van der Waals surface area contributed by atoms with Gasteiger partial charge in [-0.2, -0.15) is 0 Å². The first kappa shape index (κ1) is 20.1. The number of hydrogen-bond donors (Lipinski definition) is 0.